The molecule has 0 amide bonds. The molecule has 0 radical (unpaired) electrons. The van der Waals surface area contributed by atoms with E-state index in [0.717, 1.165) is 0 Å². The van der Waals surface area contributed by atoms with Crippen molar-refractivity contribution in [2.75, 3.05) is 52.6 Å². The van der Waals surface area contributed by atoms with Gasteiger partial charge in [0.15, 0.2) is 5.96 Å². The molecule has 2 N–H and O–H groups in total. The Kier molecular flexibility index (Phi) is 11.3. The van der Waals surface area contributed by atoms with Crippen LogP contribution in [-0.4, -0.2) is 88.4 Å². The molecule has 0 aromatic carbocycles. The largest absolute Gasteiger partial charge is 0.401 e. The fraction of sp³-hybridized carbons (Fsp3) is 0.929. The van der Waals surface area contributed by atoms with Gasteiger partial charge in [-0.05, 0) is 12.8 Å². The Morgan fingerprint density at radius 2 is 2.04 bits per heavy atom. The molecule has 7 nitrogen and oxygen atoms in total. The molecule has 1 fully saturated rings. The van der Waals surface area contributed by atoms with Gasteiger partial charge < -0.3 is 10.6 Å². The van der Waals surface area contributed by atoms with Gasteiger partial charge in [0, 0.05) is 45.8 Å². The summed E-state index contributed by atoms with van der Waals surface area (Å²) in [6.07, 6.45) is -1.78. The molecule has 26 heavy (non-hydrogen) atoms. The van der Waals surface area contributed by atoms with Crippen LogP contribution in [0.1, 0.15) is 19.8 Å². The fourth-order valence-corrected chi connectivity index (χ4v) is 3.69. The van der Waals surface area contributed by atoms with Crippen molar-refractivity contribution >= 4 is 40.0 Å². The third-order valence-corrected chi connectivity index (χ3v) is 5.32. The molecule has 0 spiro atoms. The van der Waals surface area contributed by atoms with Crippen molar-refractivity contribution < 1.29 is 21.6 Å². The fourth-order valence-electron chi connectivity index (χ4n) is 2.76. The Hall–Kier alpha value is -0.340. The predicted octanol–water partition coefficient (Wildman–Crippen LogP) is 1.08. The predicted molar refractivity (Wildman–Crippen MR) is 108 cm³/mol. The molecule has 0 bridgehead atoms. The highest BCUT2D eigenvalue weighted by Crippen LogP contribution is 2.19. The summed E-state index contributed by atoms with van der Waals surface area (Å²) in [5, 5.41) is 6.18. The Bertz CT molecular complexity index is 545. The minimum Gasteiger partial charge on any atom is -0.356 e. The number of hydrogen-bond donors (Lipinski definition) is 2. The molecule has 12 heteroatoms. The highest BCUT2D eigenvalue weighted by Gasteiger charge is 2.34. The van der Waals surface area contributed by atoms with Gasteiger partial charge in [-0.2, -0.15) is 13.2 Å². The third-order valence-electron chi connectivity index (χ3n) is 3.94. The average Bonchev–Trinajstić information content (AvgIpc) is 2.89. The van der Waals surface area contributed by atoms with E-state index < -0.39 is 22.7 Å². The summed E-state index contributed by atoms with van der Waals surface area (Å²) < 4.78 is 61.6. The SMILES string of the molecule is CCN(CCCNC(=NC)NC1CCN(CC(F)(F)F)C1)S(C)(=O)=O.I. The number of guanidine groups is 1. The first-order valence-electron chi connectivity index (χ1n) is 8.26. The van der Waals surface area contributed by atoms with E-state index in [1.54, 1.807) is 14.0 Å². The van der Waals surface area contributed by atoms with Crippen LogP contribution < -0.4 is 10.6 Å². The van der Waals surface area contributed by atoms with Gasteiger partial charge in [0.25, 0.3) is 0 Å². The van der Waals surface area contributed by atoms with Crippen molar-refractivity contribution in [3.05, 3.63) is 0 Å². The first-order valence-corrected chi connectivity index (χ1v) is 10.1. The van der Waals surface area contributed by atoms with Crippen LogP contribution in [0.3, 0.4) is 0 Å². The van der Waals surface area contributed by atoms with Crippen LogP contribution in [0.5, 0.6) is 0 Å². The van der Waals surface area contributed by atoms with Crippen molar-refractivity contribution in [2.45, 2.75) is 32.0 Å². The molecule has 1 saturated heterocycles. The Morgan fingerprint density at radius 3 is 2.54 bits per heavy atom. The van der Waals surface area contributed by atoms with Crippen LogP contribution in [0.2, 0.25) is 0 Å². The van der Waals surface area contributed by atoms with Crippen LogP contribution in [0.25, 0.3) is 0 Å². The molecule has 0 aromatic heterocycles. The number of likely N-dealkylation sites (tertiary alicyclic amines) is 1. The Labute approximate surface area is 170 Å². The summed E-state index contributed by atoms with van der Waals surface area (Å²) in [6.45, 7) is 2.94. The number of nitrogens with one attached hydrogen (secondary N) is 2. The third kappa shape index (κ3) is 10.1. The molecule has 1 aliphatic heterocycles. The van der Waals surface area contributed by atoms with Crippen molar-refractivity contribution in [2.24, 2.45) is 4.99 Å². The van der Waals surface area contributed by atoms with Crippen molar-refractivity contribution in [1.82, 2.24) is 19.8 Å². The quantitative estimate of drug-likeness (QED) is 0.219. The highest BCUT2D eigenvalue weighted by molar-refractivity contribution is 14.0. The maximum Gasteiger partial charge on any atom is 0.401 e. The summed E-state index contributed by atoms with van der Waals surface area (Å²) in [6, 6.07) is -0.0864. The number of aliphatic imine (C=N–C) groups is 1. The second-order valence-electron chi connectivity index (χ2n) is 6.09. The summed E-state index contributed by atoms with van der Waals surface area (Å²) in [5.41, 5.74) is 0. The molecular formula is C14H29F3IN5O2S. The Morgan fingerprint density at radius 1 is 1.38 bits per heavy atom. The molecule has 0 aromatic rings. The molecule has 0 saturated carbocycles. The maximum atomic E-state index is 12.4. The van der Waals surface area contributed by atoms with Gasteiger partial charge in [0.2, 0.25) is 10.0 Å². The minimum atomic E-state index is -4.18. The second-order valence-corrected chi connectivity index (χ2v) is 8.07. The van der Waals surface area contributed by atoms with Crippen LogP contribution in [-0.2, 0) is 10.0 Å². The van der Waals surface area contributed by atoms with E-state index in [1.165, 1.54) is 15.5 Å². The van der Waals surface area contributed by atoms with E-state index in [2.05, 4.69) is 15.6 Å². The summed E-state index contributed by atoms with van der Waals surface area (Å²) in [4.78, 5) is 5.43. The topological polar surface area (TPSA) is 77.0 Å². The lowest BCUT2D eigenvalue weighted by atomic mass is 10.3. The van der Waals surface area contributed by atoms with Gasteiger partial charge in [-0.1, -0.05) is 6.92 Å². The standard InChI is InChI=1S/C14H28F3N5O2S.HI/c1-4-22(25(3,23)24)8-5-7-19-13(18-2)20-12-6-9-21(10-12)11-14(15,16)17;/h12H,4-11H2,1-3H3,(H2,18,19,20);1H. The number of hydrogen-bond acceptors (Lipinski definition) is 4. The van der Waals surface area contributed by atoms with E-state index in [-0.39, 0.29) is 30.0 Å². The number of halogens is 4. The monoisotopic (exact) mass is 515 g/mol. The smallest absolute Gasteiger partial charge is 0.356 e. The lowest BCUT2D eigenvalue weighted by molar-refractivity contribution is -0.143. The summed E-state index contributed by atoms with van der Waals surface area (Å²) in [7, 11) is -1.61. The highest BCUT2D eigenvalue weighted by atomic mass is 127. The van der Waals surface area contributed by atoms with Crippen LogP contribution in [0.15, 0.2) is 4.99 Å². The summed E-state index contributed by atoms with van der Waals surface area (Å²) >= 11 is 0. The molecule has 156 valence electrons. The molecule has 0 aliphatic carbocycles. The Balaban J connectivity index is 0.00000625. The van der Waals surface area contributed by atoms with Crippen molar-refractivity contribution in [3.8, 4) is 0 Å². The average molecular weight is 515 g/mol. The van der Waals surface area contributed by atoms with Gasteiger partial charge in [0.1, 0.15) is 0 Å². The van der Waals surface area contributed by atoms with Gasteiger partial charge >= 0.3 is 6.18 Å². The van der Waals surface area contributed by atoms with E-state index in [9.17, 15) is 21.6 Å². The molecule has 1 aliphatic rings. The molecule has 1 atom stereocenters. The molecule has 1 heterocycles. The van der Waals surface area contributed by atoms with Crippen LogP contribution in [0.4, 0.5) is 13.2 Å². The van der Waals surface area contributed by atoms with Crippen molar-refractivity contribution in [1.29, 1.82) is 0 Å². The lowest BCUT2D eigenvalue weighted by Crippen LogP contribution is -2.45. The normalized spacial score (nSPS) is 19.5. The number of rotatable bonds is 8. The first-order chi connectivity index (χ1) is 11.5. The maximum absolute atomic E-state index is 12.4. The van der Waals surface area contributed by atoms with E-state index in [1.807, 2.05) is 0 Å². The molecule has 1 rings (SSSR count). The summed E-state index contributed by atoms with van der Waals surface area (Å²) in [5.74, 6) is 0.515. The zero-order valence-corrected chi connectivity index (χ0v) is 18.5. The van der Waals surface area contributed by atoms with E-state index >= 15 is 0 Å². The zero-order chi connectivity index (χ0) is 19.1. The second kappa shape index (κ2) is 11.5. The molecule has 1 unspecified atom stereocenters. The van der Waals surface area contributed by atoms with E-state index in [0.29, 0.717) is 51.5 Å². The van der Waals surface area contributed by atoms with Crippen LogP contribution >= 0.6 is 24.0 Å². The van der Waals surface area contributed by atoms with Crippen molar-refractivity contribution in [3.63, 3.8) is 0 Å². The van der Waals surface area contributed by atoms with Gasteiger partial charge in [-0.3, -0.25) is 9.89 Å². The lowest BCUT2D eigenvalue weighted by Gasteiger charge is -2.20. The van der Waals surface area contributed by atoms with Gasteiger partial charge in [-0.15, -0.1) is 24.0 Å². The van der Waals surface area contributed by atoms with Gasteiger partial charge in [0.05, 0.1) is 12.8 Å². The van der Waals surface area contributed by atoms with E-state index in [4.69, 9.17) is 0 Å². The molecular weight excluding hydrogens is 486 g/mol. The minimum absolute atomic E-state index is 0. The number of alkyl halides is 3. The number of sulfonamides is 1. The first kappa shape index (κ1) is 25.7. The zero-order valence-electron chi connectivity index (χ0n) is 15.3. The van der Waals surface area contributed by atoms with Crippen LogP contribution in [0, 0.1) is 0 Å². The number of nitrogens with zero attached hydrogens (tertiary/aromatic N) is 3. The van der Waals surface area contributed by atoms with Gasteiger partial charge in [-0.25, -0.2) is 12.7 Å².